The van der Waals surface area contributed by atoms with E-state index < -0.39 is 42.8 Å². The number of aromatic nitrogens is 3. The van der Waals surface area contributed by atoms with E-state index in [1.54, 1.807) is 54.2 Å². The monoisotopic (exact) mass is 669 g/mol. The van der Waals surface area contributed by atoms with Crippen molar-refractivity contribution in [2.75, 3.05) is 25.1 Å². The highest BCUT2D eigenvalue weighted by atomic mass is 19.4. The number of alkyl halides is 4. The Kier molecular flexibility index (Phi) is 8.94. The lowest BCUT2D eigenvalue weighted by atomic mass is 9.96. The number of carboxylic acids is 1. The molecule has 2 saturated heterocycles. The van der Waals surface area contributed by atoms with E-state index in [1.807, 2.05) is 6.07 Å². The molecule has 2 N–H and O–H groups in total. The number of aliphatic hydroxyl groups is 1. The van der Waals surface area contributed by atoms with E-state index in [0.717, 1.165) is 5.56 Å². The highest BCUT2D eigenvalue weighted by Crippen LogP contribution is 2.40. The summed E-state index contributed by atoms with van der Waals surface area (Å²) in [4.78, 5) is 28.5. The molecule has 4 heterocycles. The van der Waals surface area contributed by atoms with Crippen LogP contribution in [0.1, 0.15) is 40.2 Å². The molecule has 2 aliphatic rings. The molecule has 2 aromatic heterocycles. The maximum absolute atomic E-state index is 13.8. The van der Waals surface area contributed by atoms with Gasteiger partial charge in [-0.05, 0) is 60.9 Å². The summed E-state index contributed by atoms with van der Waals surface area (Å²) in [5.41, 5.74) is 4.03. The van der Waals surface area contributed by atoms with E-state index in [-0.39, 0.29) is 37.0 Å². The largest absolute Gasteiger partial charge is 0.573 e. The van der Waals surface area contributed by atoms with E-state index in [0.29, 0.717) is 33.5 Å². The van der Waals surface area contributed by atoms with Gasteiger partial charge < -0.3 is 29.3 Å². The minimum absolute atomic E-state index is 0.00492. The Morgan fingerprint density at radius 2 is 1.83 bits per heavy atom. The molecule has 48 heavy (non-hydrogen) atoms. The van der Waals surface area contributed by atoms with Crippen LogP contribution in [0, 0.1) is 6.92 Å². The van der Waals surface area contributed by atoms with Crippen molar-refractivity contribution in [3.05, 3.63) is 83.3 Å². The molecule has 2 fully saturated rings. The number of anilines is 1. The number of aromatic carboxylic acids is 1. The number of aryl methyl sites for hydroxylation is 1. The zero-order valence-corrected chi connectivity index (χ0v) is 26.0. The maximum Gasteiger partial charge on any atom is 0.573 e. The Hall–Kier alpha value is -4.86. The molecule has 2 aromatic carbocycles. The van der Waals surface area contributed by atoms with Crippen LogP contribution in [0.3, 0.4) is 0 Å². The minimum atomic E-state index is -4.88. The summed E-state index contributed by atoms with van der Waals surface area (Å²) in [5, 5.41) is 20.4. The predicted molar refractivity (Wildman–Crippen MR) is 164 cm³/mol. The van der Waals surface area contributed by atoms with E-state index in [9.17, 15) is 32.6 Å². The fraction of sp³-hybridized carbons (Fsp3) is 0.333. The van der Waals surface area contributed by atoms with Crippen molar-refractivity contribution in [2.24, 2.45) is 0 Å². The Bertz CT molecular complexity index is 1840. The molecule has 252 valence electrons. The van der Waals surface area contributed by atoms with E-state index >= 15 is 0 Å². The number of nitrogens with zero attached hydrogens (tertiary/aromatic N) is 5. The summed E-state index contributed by atoms with van der Waals surface area (Å²) in [6, 6.07) is 11.4. The number of aliphatic hydroxyl groups excluding tert-OH is 1. The zero-order valence-electron chi connectivity index (χ0n) is 26.0. The second-order valence-electron chi connectivity index (χ2n) is 11.6. The van der Waals surface area contributed by atoms with E-state index in [4.69, 9.17) is 14.5 Å². The van der Waals surface area contributed by atoms with Crippen molar-refractivity contribution >= 4 is 11.9 Å². The highest BCUT2D eigenvalue weighted by molar-refractivity contribution is 5.89. The fourth-order valence-corrected chi connectivity index (χ4v) is 5.91. The maximum atomic E-state index is 13.8. The molecule has 2 aliphatic heterocycles. The normalized spacial score (nSPS) is 20.1. The molecule has 0 amide bonds. The average molecular weight is 670 g/mol. The molecule has 0 bridgehead atoms. The van der Waals surface area contributed by atoms with Gasteiger partial charge in [-0.1, -0.05) is 18.2 Å². The molecule has 0 saturated carbocycles. The summed E-state index contributed by atoms with van der Waals surface area (Å²) in [5.74, 6) is -0.941. The van der Waals surface area contributed by atoms with E-state index in [1.165, 1.54) is 31.4 Å². The van der Waals surface area contributed by atoms with Crippen LogP contribution >= 0.6 is 0 Å². The number of pyridine rings is 1. The first-order chi connectivity index (χ1) is 22.8. The van der Waals surface area contributed by atoms with Gasteiger partial charge in [0.15, 0.2) is 0 Å². The van der Waals surface area contributed by atoms with Gasteiger partial charge in [0.2, 0.25) is 18.2 Å². The Morgan fingerprint density at radius 3 is 2.50 bits per heavy atom. The highest BCUT2D eigenvalue weighted by Gasteiger charge is 2.41. The molecule has 3 atom stereocenters. The molecule has 0 spiro atoms. The predicted octanol–water partition coefficient (Wildman–Crippen LogP) is 5.52. The second kappa shape index (κ2) is 13.0. The quantitative estimate of drug-likeness (QED) is 0.219. The lowest BCUT2D eigenvalue weighted by Gasteiger charge is -2.34. The van der Waals surface area contributed by atoms with Crippen molar-refractivity contribution in [3.8, 4) is 33.9 Å². The van der Waals surface area contributed by atoms with Crippen LogP contribution in [-0.2, 0) is 11.3 Å². The smallest absolute Gasteiger partial charge is 0.481 e. The summed E-state index contributed by atoms with van der Waals surface area (Å²) >= 11 is 0. The number of carboxylic acid groups (broad SMARTS) is 1. The molecule has 0 radical (unpaired) electrons. The first-order valence-corrected chi connectivity index (χ1v) is 14.9. The first-order valence-electron chi connectivity index (χ1n) is 14.9. The molecule has 15 heteroatoms. The number of benzene rings is 2. The number of ether oxygens (including phenoxy) is 3. The summed E-state index contributed by atoms with van der Waals surface area (Å²) in [6.45, 7) is 3.78. The molecular formula is C33H31F4N5O6. The number of carbonyl (C=O) groups is 1. The fourth-order valence-electron chi connectivity index (χ4n) is 5.91. The number of halogens is 4. The third-order valence-corrected chi connectivity index (χ3v) is 8.36. The summed E-state index contributed by atoms with van der Waals surface area (Å²) < 4.78 is 67.9. The van der Waals surface area contributed by atoms with Gasteiger partial charge in [-0.15, -0.1) is 13.2 Å². The lowest BCUT2D eigenvalue weighted by molar-refractivity contribution is -0.274. The Labute approximate surface area is 272 Å². The molecule has 0 aliphatic carbocycles. The average Bonchev–Trinajstić information content (AvgIpc) is 3.30. The van der Waals surface area contributed by atoms with Crippen LogP contribution < -0.4 is 14.4 Å². The first kappa shape index (κ1) is 33.1. The van der Waals surface area contributed by atoms with Gasteiger partial charge in [0.05, 0.1) is 31.5 Å². The Balaban J connectivity index is 1.37. The van der Waals surface area contributed by atoms with Gasteiger partial charge in [-0.25, -0.2) is 29.0 Å². The van der Waals surface area contributed by atoms with Crippen LogP contribution in [0.25, 0.3) is 22.3 Å². The van der Waals surface area contributed by atoms with Gasteiger partial charge in [-0.3, -0.25) is 0 Å². The van der Waals surface area contributed by atoms with Crippen molar-refractivity contribution < 1.29 is 46.8 Å². The van der Waals surface area contributed by atoms with Gasteiger partial charge in [0, 0.05) is 41.7 Å². The number of rotatable bonds is 9. The van der Waals surface area contributed by atoms with Crippen molar-refractivity contribution in [2.45, 2.75) is 51.5 Å². The minimum Gasteiger partial charge on any atom is -0.481 e. The molecule has 3 unspecified atom stereocenters. The second-order valence-corrected chi connectivity index (χ2v) is 11.6. The van der Waals surface area contributed by atoms with Gasteiger partial charge in [0.25, 0.3) is 0 Å². The molecule has 6 rings (SSSR count). The molecule has 11 nitrogen and oxygen atoms in total. The van der Waals surface area contributed by atoms with Crippen LogP contribution in [0.15, 0.2) is 60.9 Å². The Morgan fingerprint density at radius 1 is 1.06 bits per heavy atom. The van der Waals surface area contributed by atoms with Crippen LogP contribution in [0.2, 0.25) is 0 Å². The van der Waals surface area contributed by atoms with Crippen LogP contribution in [-0.4, -0.2) is 81.2 Å². The van der Waals surface area contributed by atoms with E-state index in [2.05, 4.69) is 14.7 Å². The summed E-state index contributed by atoms with van der Waals surface area (Å²) in [6.07, 6.45) is -5.00. The van der Waals surface area contributed by atoms with Crippen molar-refractivity contribution in [1.82, 2.24) is 19.9 Å². The van der Waals surface area contributed by atoms with Crippen LogP contribution in [0.4, 0.5) is 23.5 Å². The SMILES string of the molecule is COc1ncc(-c2ccc(C(=O)O)cc2C)cc1-c1cnc(N2CC(F)C2)nc1CN1C(O)OC(c2cccc(OC(F)(F)F)c2)C1C. The van der Waals surface area contributed by atoms with Gasteiger partial charge >= 0.3 is 12.3 Å². The third-order valence-electron chi connectivity index (χ3n) is 8.36. The van der Waals surface area contributed by atoms with Gasteiger partial charge in [0.1, 0.15) is 18.0 Å². The molecular weight excluding hydrogens is 638 g/mol. The topological polar surface area (TPSA) is 130 Å². The van der Waals surface area contributed by atoms with Crippen molar-refractivity contribution in [1.29, 1.82) is 0 Å². The number of methoxy groups -OCH3 is 1. The zero-order chi connectivity index (χ0) is 34.3. The van der Waals surface area contributed by atoms with Gasteiger partial charge in [-0.2, -0.15) is 0 Å². The number of hydrogen-bond acceptors (Lipinski definition) is 10. The molecule has 4 aromatic rings. The van der Waals surface area contributed by atoms with Crippen LogP contribution in [0.5, 0.6) is 11.6 Å². The third kappa shape index (κ3) is 6.74. The number of hydrogen-bond donors (Lipinski definition) is 2. The summed E-state index contributed by atoms with van der Waals surface area (Å²) in [7, 11) is 1.45. The lowest BCUT2D eigenvalue weighted by Crippen LogP contribution is -2.49. The van der Waals surface area contributed by atoms with Crippen molar-refractivity contribution in [3.63, 3.8) is 0 Å². The standard InChI is InChI=1S/C33H31F4N5O6/c1-17-9-20(30(43)44)7-8-24(17)21-11-25(29(46-3)38-12-21)26-13-39-31(41-14-22(34)15-41)40-27(26)16-42-18(2)28(47-32(42)45)19-5-4-6-23(10-19)48-33(35,36)37/h4-13,18,22,28,32,45H,14-16H2,1-3H3,(H,43,44).